The SMILES string of the molecule is C=C1C(OC)=C(OC)C=C2C(=O)OC(c3ccco3)C12. The minimum atomic E-state index is -0.514. The van der Waals surface area contributed by atoms with Gasteiger partial charge in [-0.25, -0.2) is 4.79 Å². The highest BCUT2D eigenvalue weighted by molar-refractivity contribution is 5.94. The van der Waals surface area contributed by atoms with Crippen molar-refractivity contribution in [3.63, 3.8) is 0 Å². The van der Waals surface area contributed by atoms with Gasteiger partial charge in [0.25, 0.3) is 0 Å². The first kappa shape index (κ1) is 12.6. The van der Waals surface area contributed by atoms with Gasteiger partial charge < -0.3 is 18.6 Å². The normalized spacial score (nSPS) is 25.2. The Hall–Kier alpha value is -2.43. The van der Waals surface area contributed by atoms with E-state index in [-0.39, 0.29) is 11.9 Å². The number of esters is 1. The Morgan fingerprint density at radius 3 is 2.70 bits per heavy atom. The highest BCUT2D eigenvalue weighted by Crippen LogP contribution is 2.48. The quantitative estimate of drug-likeness (QED) is 0.792. The van der Waals surface area contributed by atoms with Gasteiger partial charge in [0.15, 0.2) is 17.6 Å². The van der Waals surface area contributed by atoms with Crippen LogP contribution in [0.5, 0.6) is 0 Å². The summed E-state index contributed by atoms with van der Waals surface area (Å²) in [5, 5.41) is 0. The average Bonchev–Trinajstić information content (AvgIpc) is 3.07. The Labute approximate surface area is 116 Å². The van der Waals surface area contributed by atoms with Crippen molar-refractivity contribution in [1.82, 2.24) is 0 Å². The number of furan rings is 1. The molecular formula is C15H14O5. The molecule has 2 heterocycles. The number of allylic oxidation sites excluding steroid dienone is 2. The summed E-state index contributed by atoms with van der Waals surface area (Å²) in [5.74, 6) is 0.880. The van der Waals surface area contributed by atoms with Crippen LogP contribution >= 0.6 is 0 Å². The molecule has 0 N–H and O–H groups in total. The lowest BCUT2D eigenvalue weighted by molar-refractivity contribution is -0.140. The van der Waals surface area contributed by atoms with Crippen molar-refractivity contribution in [3.8, 4) is 0 Å². The van der Waals surface area contributed by atoms with Crippen LogP contribution in [0.1, 0.15) is 11.9 Å². The second kappa shape index (κ2) is 4.59. The maximum atomic E-state index is 12.0. The molecule has 0 radical (unpaired) electrons. The number of hydrogen-bond donors (Lipinski definition) is 0. The van der Waals surface area contributed by atoms with E-state index in [0.717, 1.165) is 0 Å². The van der Waals surface area contributed by atoms with Crippen LogP contribution in [0.25, 0.3) is 0 Å². The van der Waals surface area contributed by atoms with Crippen LogP contribution in [0.15, 0.2) is 58.1 Å². The molecule has 1 aromatic heterocycles. The molecule has 2 unspecified atom stereocenters. The Kier molecular flexibility index (Phi) is 2.89. The summed E-state index contributed by atoms with van der Waals surface area (Å²) in [6.45, 7) is 4.02. The van der Waals surface area contributed by atoms with Gasteiger partial charge in [-0.15, -0.1) is 0 Å². The van der Waals surface area contributed by atoms with Crippen LogP contribution in [0.4, 0.5) is 0 Å². The van der Waals surface area contributed by atoms with Gasteiger partial charge in [-0.2, -0.15) is 0 Å². The molecule has 0 amide bonds. The lowest BCUT2D eigenvalue weighted by Crippen LogP contribution is -2.18. The second-order valence-electron chi connectivity index (χ2n) is 4.55. The third kappa shape index (κ3) is 1.66. The van der Waals surface area contributed by atoms with Crippen molar-refractivity contribution >= 4 is 5.97 Å². The maximum absolute atomic E-state index is 12.0. The molecule has 1 fully saturated rings. The number of ether oxygens (including phenoxy) is 3. The second-order valence-corrected chi connectivity index (χ2v) is 4.55. The fraction of sp³-hybridized carbons (Fsp3) is 0.267. The highest BCUT2D eigenvalue weighted by atomic mass is 16.6. The van der Waals surface area contributed by atoms with E-state index in [9.17, 15) is 4.79 Å². The molecule has 5 nitrogen and oxygen atoms in total. The molecular weight excluding hydrogens is 260 g/mol. The molecule has 2 atom stereocenters. The van der Waals surface area contributed by atoms with Crippen molar-refractivity contribution in [2.45, 2.75) is 6.10 Å². The van der Waals surface area contributed by atoms with Gasteiger partial charge in [0, 0.05) is 5.57 Å². The minimum absolute atomic E-state index is 0.317. The number of methoxy groups -OCH3 is 2. The number of fused-ring (bicyclic) bond motifs is 1. The smallest absolute Gasteiger partial charge is 0.335 e. The summed E-state index contributed by atoms with van der Waals surface area (Å²) < 4.78 is 21.3. The molecule has 3 rings (SSSR count). The van der Waals surface area contributed by atoms with E-state index in [1.54, 1.807) is 24.5 Å². The highest BCUT2D eigenvalue weighted by Gasteiger charge is 2.47. The van der Waals surface area contributed by atoms with Crippen LogP contribution in [-0.2, 0) is 19.0 Å². The molecule has 0 bridgehead atoms. The predicted octanol–water partition coefficient (Wildman–Crippen LogP) is 2.49. The number of cyclic esters (lactones) is 1. The summed E-state index contributed by atoms with van der Waals surface area (Å²) >= 11 is 0. The molecule has 5 heteroatoms. The number of carbonyl (C=O) groups is 1. The molecule has 1 aliphatic heterocycles. The fourth-order valence-corrected chi connectivity index (χ4v) is 2.63. The van der Waals surface area contributed by atoms with Gasteiger partial charge >= 0.3 is 5.97 Å². The first-order valence-corrected chi connectivity index (χ1v) is 6.14. The van der Waals surface area contributed by atoms with Crippen molar-refractivity contribution < 1.29 is 23.4 Å². The van der Waals surface area contributed by atoms with E-state index in [1.807, 2.05) is 0 Å². The van der Waals surface area contributed by atoms with Crippen molar-refractivity contribution in [2.24, 2.45) is 5.92 Å². The lowest BCUT2D eigenvalue weighted by atomic mass is 9.83. The molecule has 0 saturated carbocycles. The molecule has 1 aromatic rings. The van der Waals surface area contributed by atoms with E-state index < -0.39 is 6.10 Å². The average molecular weight is 274 g/mol. The maximum Gasteiger partial charge on any atom is 0.335 e. The first-order valence-electron chi connectivity index (χ1n) is 6.14. The summed E-state index contributed by atoms with van der Waals surface area (Å²) in [7, 11) is 3.06. The Balaban J connectivity index is 2.07. The van der Waals surface area contributed by atoms with E-state index in [2.05, 4.69) is 6.58 Å². The van der Waals surface area contributed by atoms with Gasteiger partial charge in [0.05, 0.1) is 32.0 Å². The van der Waals surface area contributed by atoms with Crippen LogP contribution in [-0.4, -0.2) is 20.2 Å². The first-order chi connectivity index (χ1) is 9.67. The van der Waals surface area contributed by atoms with Gasteiger partial charge in [0.1, 0.15) is 5.76 Å². The van der Waals surface area contributed by atoms with E-state index in [4.69, 9.17) is 18.6 Å². The van der Waals surface area contributed by atoms with Crippen LogP contribution in [0.2, 0.25) is 0 Å². The van der Waals surface area contributed by atoms with Gasteiger partial charge in [-0.3, -0.25) is 0 Å². The molecule has 2 aliphatic rings. The molecule has 1 aliphatic carbocycles. The molecule has 1 saturated heterocycles. The molecule has 0 spiro atoms. The largest absolute Gasteiger partial charge is 0.493 e. The lowest BCUT2D eigenvalue weighted by Gasteiger charge is -2.24. The zero-order chi connectivity index (χ0) is 14.3. The molecule has 0 aromatic carbocycles. The number of rotatable bonds is 3. The molecule has 104 valence electrons. The number of hydrogen-bond acceptors (Lipinski definition) is 5. The zero-order valence-electron chi connectivity index (χ0n) is 11.2. The Morgan fingerprint density at radius 2 is 2.10 bits per heavy atom. The number of carbonyl (C=O) groups excluding carboxylic acids is 1. The van der Waals surface area contributed by atoms with Gasteiger partial charge in [-0.1, -0.05) is 6.58 Å². The van der Waals surface area contributed by atoms with Crippen LogP contribution in [0.3, 0.4) is 0 Å². The van der Waals surface area contributed by atoms with Gasteiger partial charge in [0.2, 0.25) is 0 Å². The Morgan fingerprint density at radius 1 is 1.30 bits per heavy atom. The topological polar surface area (TPSA) is 57.9 Å². The van der Waals surface area contributed by atoms with E-state index >= 15 is 0 Å². The van der Waals surface area contributed by atoms with Crippen molar-refractivity contribution in [2.75, 3.05) is 14.2 Å². The standard InChI is InChI=1S/C15H14O5/c1-8-12-9(7-11(17-2)13(8)18-3)15(16)20-14(12)10-5-4-6-19-10/h4-7,12,14H,1H2,2-3H3. The summed E-state index contributed by atoms with van der Waals surface area (Å²) in [5.41, 5.74) is 1.16. The Bertz CT molecular complexity index is 621. The monoisotopic (exact) mass is 274 g/mol. The van der Waals surface area contributed by atoms with E-state index in [1.165, 1.54) is 14.2 Å². The summed E-state index contributed by atoms with van der Waals surface area (Å²) in [4.78, 5) is 12.0. The van der Waals surface area contributed by atoms with Crippen molar-refractivity contribution in [3.05, 3.63) is 59.5 Å². The molecule has 20 heavy (non-hydrogen) atoms. The predicted molar refractivity (Wildman–Crippen MR) is 69.3 cm³/mol. The third-order valence-electron chi connectivity index (χ3n) is 3.53. The van der Waals surface area contributed by atoms with Gasteiger partial charge in [-0.05, 0) is 18.2 Å². The summed E-state index contributed by atoms with van der Waals surface area (Å²) in [6.07, 6.45) is 2.67. The van der Waals surface area contributed by atoms with Crippen molar-refractivity contribution in [1.29, 1.82) is 0 Å². The summed E-state index contributed by atoms with van der Waals surface area (Å²) in [6, 6.07) is 3.53. The van der Waals surface area contributed by atoms with Crippen LogP contribution < -0.4 is 0 Å². The van der Waals surface area contributed by atoms with E-state index in [0.29, 0.717) is 28.4 Å². The minimum Gasteiger partial charge on any atom is -0.493 e. The fourth-order valence-electron chi connectivity index (χ4n) is 2.63. The zero-order valence-corrected chi connectivity index (χ0v) is 11.2. The third-order valence-corrected chi connectivity index (χ3v) is 3.53. The van der Waals surface area contributed by atoms with Crippen LogP contribution in [0, 0.1) is 5.92 Å².